The highest BCUT2D eigenvalue weighted by atomic mass is 16.2. The van der Waals surface area contributed by atoms with E-state index in [0.717, 1.165) is 16.6 Å². The highest BCUT2D eigenvalue weighted by Gasteiger charge is 2.09. The molecule has 4 heteroatoms. The van der Waals surface area contributed by atoms with Gasteiger partial charge in [-0.05, 0) is 36.2 Å². The van der Waals surface area contributed by atoms with Gasteiger partial charge >= 0.3 is 0 Å². The van der Waals surface area contributed by atoms with Gasteiger partial charge in [-0.25, -0.2) is 4.98 Å². The molecule has 0 saturated carbocycles. The first-order valence-corrected chi connectivity index (χ1v) is 6.19. The molecule has 0 atom stereocenters. The van der Waals surface area contributed by atoms with Crippen LogP contribution in [-0.2, 0) is 6.42 Å². The van der Waals surface area contributed by atoms with Crippen LogP contribution >= 0.6 is 0 Å². The molecule has 3 rings (SSSR count). The minimum atomic E-state index is 0.0607. The van der Waals surface area contributed by atoms with Crippen LogP contribution in [0.15, 0.2) is 55.1 Å². The Morgan fingerprint density at radius 1 is 1.11 bits per heavy atom. The molecule has 94 valence electrons. The maximum absolute atomic E-state index is 12.2. The smallest absolute Gasteiger partial charge is 0.232 e. The number of para-hydroxylation sites is 2. The van der Waals surface area contributed by atoms with Gasteiger partial charge in [-0.2, -0.15) is 0 Å². The lowest BCUT2D eigenvalue weighted by molar-refractivity contribution is 0.0907. The van der Waals surface area contributed by atoms with Crippen molar-refractivity contribution in [1.82, 2.24) is 14.5 Å². The third kappa shape index (κ3) is 2.38. The van der Waals surface area contributed by atoms with Crippen LogP contribution in [0.4, 0.5) is 0 Å². The highest BCUT2D eigenvalue weighted by molar-refractivity contribution is 5.90. The van der Waals surface area contributed by atoms with Gasteiger partial charge in [-0.3, -0.25) is 14.3 Å². The molecule has 0 saturated heterocycles. The van der Waals surface area contributed by atoms with E-state index >= 15 is 0 Å². The molecule has 2 heterocycles. The van der Waals surface area contributed by atoms with Crippen LogP contribution in [0.3, 0.4) is 0 Å². The van der Waals surface area contributed by atoms with Crippen molar-refractivity contribution in [3.63, 3.8) is 0 Å². The average molecular weight is 251 g/mol. The van der Waals surface area contributed by atoms with E-state index in [2.05, 4.69) is 9.97 Å². The number of hydrogen-bond acceptors (Lipinski definition) is 3. The molecule has 0 radical (unpaired) electrons. The third-order valence-electron chi connectivity index (χ3n) is 3.10. The highest BCUT2D eigenvalue weighted by Crippen LogP contribution is 2.13. The molecular weight excluding hydrogens is 238 g/mol. The lowest BCUT2D eigenvalue weighted by Gasteiger charge is -2.03. The number of carbonyl (C=O) groups excluding carboxylic acids is 1. The largest absolute Gasteiger partial charge is 0.274 e. The van der Waals surface area contributed by atoms with Crippen molar-refractivity contribution in [2.45, 2.75) is 12.8 Å². The minimum Gasteiger partial charge on any atom is -0.274 e. The van der Waals surface area contributed by atoms with Gasteiger partial charge in [0, 0.05) is 18.8 Å². The third-order valence-corrected chi connectivity index (χ3v) is 3.10. The van der Waals surface area contributed by atoms with E-state index in [0.29, 0.717) is 12.8 Å². The van der Waals surface area contributed by atoms with Crippen molar-refractivity contribution >= 4 is 16.9 Å². The Labute approximate surface area is 110 Å². The fourth-order valence-electron chi connectivity index (χ4n) is 2.08. The fourth-order valence-corrected chi connectivity index (χ4v) is 2.08. The number of carbonyl (C=O) groups is 1. The lowest BCUT2D eigenvalue weighted by atomic mass is 10.1. The summed E-state index contributed by atoms with van der Waals surface area (Å²) in [6.07, 6.45) is 6.26. The van der Waals surface area contributed by atoms with E-state index < -0.39 is 0 Å². The summed E-state index contributed by atoms with van der Waals surface area (Å²) in [5, 5.41) is 0. The standard InChI is InChI=1S/C15H13N3O/c19-15(6-5-12-7-9-16-10-8-12)18-11-17-13-3-1-2-4-14(13)18/h1-4,7-11H,5-6H2. The number of imidazole rings is 1. The zero-order chi connectivity index (χ0) is 13.1. The fraction of sp³-hybridized carbons (Fsp3) is 0.133. The molecule has 2 aromatic heterocycles. The number of pyridine rings is 1. The van der Waals surface area contributed by atoms with E-state index in [9.17, 15) is 4.79 Å². The molecule has 0 bridgehead atoms. The lowest BCUT2D eigenvalue weighted by Crippen LogP contribution is -2.10. The number of rotatable bonds is 3. The molecule has 0 fully saturated rings. The number of fused-ring (bicyclic) bond motifs is 1. The number of benzene rings is 1. The van der Waals surface area contributed by atoms with Crippen molar-refractivity contribution in [3.8, 4) is 0 Å². The summed E-state index contributed by atoms with van der Waals surface area (Å²) in [7, 11) is 0. The molecular formula is C15H13N3O. The molecule has 0 unspecified atom stereocenters. The average Bonchev–Trinajstić information content (AvgIpc) is 2.90. The Kier molecular flexibility index (Phi) is 3.06. The topological polar surface area (TPSA) is 47.8 Å². The summed E-state index contributed by atoms with van der Waals surface area (Å²) in [5.74, 6) is 0.0607. The summed E-state index contributed by atoms with van der Waals surface area (Å²) in [4.78, 5) is 20.4. The maximum atomic E-state index is 12.2. The Morgan fingerprint density at radius 2 is 1.89 bits per heavy atom. The summed E-state index contributed by atoms with van der Waals surface area (Å²) in [6.45, 7) is 0. The first kappa shape index (κ1) is 11.6. The zero-order valence-corrected chi connectivity index (χ0v) is 10.4. The second-order valence-electron chi connectivity index (χ2n) is 4.35. The van der Waals surface area contributed by atoms with Crippen LogP contribution in [0.25, 0.3) is 11.0 Å². The van der Waals surface area contributed by atoms with Crippen molar-refractivity contribution in [2.75, 3.05) is 0 Å². The van der Waals surface area contributed by atoms with Crippen molar-refractivity contribution in [3.05, 3.63) is 60.7 Å². The van der Waals surface area contributed by atoms with Crippen LogP contribution in [-0.4, -0.2) is 20.4 Å². The van der Waals surface area contributed by atoms with Gasteiger partial charge in [0.2, 0.25) is 5.91 Å². The predicted octanol–water partition coefficient (Wildman–Crippen LogP) is 2.70. The van der Waals surface area contributed by atoms with Gasteiger partial charge in [0.05, 0.1) is 11.0 Å². The van der Waals surface area contributed by atoms with E-state index in [1.807, 2.05) is 36.4 Å². The van der Waals surface area contributed by atoms with Crippen LogP contribution < -0.4 is 0 Å². The molecule has 3 aromatic rings. The molecule has 0 aliphatic carbocycles. The Morgan fingerprint density at radius 3 is 2.74 bits per heavy atom. The molecule has 0 N–H and O–H groups in total. The molecule has 0 amide bonds. The zero-order valence-electron chi connectivity index (χ0n) is 10.4. The number of aromatic nitrogens is 3. The van der Waals surface area contributed by atoms with E-state index in [4.69, 9.17) is 0 Å². The first-order valence-electron chi connectivity index (χ1n) is 6.19. The summed E-state index contributed by atoms with van der Waals surface area (Å²) in [6, 6.07) is 11.5. The summed E-state index contributed by atoms with van der Waals surface area (Å²) < 4.78 is 1.62. The molecule has 0 spiro atoms. The SMILES string of the molecule is O=C(CCc1ccncc1)n1cnc2ccccc21. The Balaban J connectivity index is 1.77. The first-order chi connectivity index (χ1) is 9.34. The number of nitrogens with zero attached hydrogens (tertiary/aromatic N) is 3. The van der Waals surface area contributed by atoms with Gasteiger partial charge in [-0.15, -0.1) is 0 Å². The van der Waals surface area contributed by atoms with Crippen molar-refractivity contribution < 1.29 is 4.79 Å². The molecule has 4 nitrogen and oxygen atoms in total. The second-order valence-corrected chi connectivity index (χ2v) is 4.35. The van der Waals surface area contributed by atoms with E-state index in [-0.39, 0.29) is 5.91 Å². The van der Waals surface area contributed by atoms with Crippen LogP contribution in [0.2, 0.25) is 0 Å². The Bertz CT molecular complexity index is 703. The molecule has 1 aromatic carbocycles. The number of hydrogen-bond donors (Lipinski definition) is 0. The summed E-state index contributed by atoms with van der Waals surface area (Å²) in [5.41, 5.74) is 2.83. The van der Waals surface area contributed by atoms with Crippen LogP contribution in [0, 0.1) is 0 Å². The normalized spacial score (nSPS) is 10.7. The monoisotopic (exact) mass is 251 g/mol. The maximum Gasteiger partial charge on any atom is 0.232 e. The van der Waals surface area contributed by atoms with Gasteiger partial charge < -0.3 is 0 Å². The molecule has 0 aliphatic heterocycles. The van der Waals surface area contributed by atoms with Gasteiger partial charge in [0.1, 0.15) is 6.33 Å². The van der Waals surface area contributed by atoms with Crippen LogP contribution in [0.5, 0.6) is 0 Å². The summed E-state index contributed by atoms with van der Waals surface area (Å²) >= 11 is 0. The van der Waals surface area contributed by atoms with Crippen molar-refractivity contribution in [1.29, 1.82) is 0 Å². The van der Waals surface area contributed by atoms with Gasteiger partial charge in [-0.1, -0.05) is 12.1 Å². The molecule has 19 heavy (non-hydrogen) atoms. The van der Waals surface area contributed by atoms with Gasteiger partial charge in [0.25, 0.3) is 0 Å². The van der Waals surface area contributed by atoms with Crippen molar-refractivity contribution in [2.24, 2.45) is 0 Å². The van der Waals surface area contributed by atoms with Gasteiger partial charge in [0.15, 0.2) is 0 Å². The van der Waals surface area contributed by atoms with Crippen LogP contribution in [0.1, 0.15) is 16.8 Å². The quantitative estimate of drug-likeness (QED) is 0.719. The predicted molar refractivity (Wildman–Crippen MR) is 72.9 cm³/mol. The Hall–Kier alpha value is -2.49. The number of aryl methyl sites for hydroxylation is 1. The van der Waals surface area contributed by atoms with E-state index in [1.165, 1.54) is 0 Å². The minimum absolute atomic E-state index is 0.0607. The molecule has 0 aliphatic rings. The second kappa shape index (κ2) is 5.02. The van der Waals surface area contributed by atoms with E-state index in [1.54, 1.807) is 23.3 Å².